The fraction of sp³-hybridized carbons (Fsp3) is 0.471. The molecule has 0 atom stereocenters. The normalized spacial score (nSPS) is 17.2. The molecule has 0 aliphatic carbocycles. The summed E-state index contributed by atoms with van der Waals surface area (Å²) >= 11 is 0. The van der Waals surface area contributed by atoms with E-state index in [-0.39, 0.29) is 16.2 Å². The number of rotatable bonds is 3. The number of benzene rings is 1. The quantitative estimate of drug-likeness (QED) is 0.789. The Balaban J connectivity index is 1.98. The van der Waals surface area contributed by atoms with Crippen LogP contribution in [0.25, 0.3) is 11.3 Å². The third-order valence-electron chi connectivity index (χ3n) is 4.46. The van der Waals surface area contributed by atoms with Crippen LogP contribution in [0.15, 0.2) is 33.7 Å². The Labute approximate surface area is 149 Å². The number of hydrogen-bond donors (Lipinski definition) is 0. The summed E-state index contributed by atoms with van der Waals surface area (Å²) < 4.78 is 69.9. The molecule has 0 spiro atoms. The highest BCUT2D eigenvalue weighted by Crippen LogP contribution is 2.33. The highest BCUT2D eigenvalue weighted by atomic mass is 32.2. The van der Waals surface area contributed by atoms with Crippen molar-refractivity contribution in [3.8, 4) is 11.3 Å². The van der Waals surface area contributed by atoms with Gasteiger partial charge < -0.3 is 4.52 Å². The van der Waals surface area contributed by atoms with Crippen LogP contribution in [0.5, 0.6) is 0 Å². The summed E-state index contributed by atoms with van der Waals surface area (Å²) in [5.41, 5.74) is 0.755. The van der Waals surface area contributed by atoms with Gasteiger partial charge >= 0.3 is 6.18 Å². The van der Waals surface area contributed by atoms with Gasteiger partial charge in [0.25, 0.3) is 0 Å². The molecule has 142 valence electrons. The standard InChI is InChI=1S/C17H19F3N2O3S/c1-12-6-7-13(14-11-16(25-21-14)17(18,19)20)10-15(12)26(23,24)22-8-4-2-3-5-9-22/h6-7,10-11H,2-5,8-9H2,1H3. The van der Waals surface area contributed by atoms with Gasteiger partial charge in [0.05, 0.1) is 4.90 Å². The molecule has 1 fully saturated rings. The average Bonchev–Trinajstić information content (AvgIpc) is 2.91. The first-order valence-corrected chi connectivity index (χ1v) is 9.79. The van der Waals surface area contributed by atoms with Crippen molar-refractivity contribution in [2.75, 3.05) is 13.1 Å². The number of aromatic nitrogens is 1. The van der Waals surface area contributed by atoms with Gasteiger partial charge in [-0.05, 0) is 31.4 Å². The molecule has 1 aromatic heterocycles. The van der Waals surface area contributed by atoms with E-state index in [1.807, 2.05) is 0 Å². The molecular weight excluding hydrogens is 369 g/mol. The number of aryl methyl sites for hydroxylation is 1. The number of sulfonamides is 1. The summed E-state index contributed by atoms with van der Waals surface area (Å²) in [6, 6.07) is 5.25. The van der Waals surface area contributed by atoms with E-state index >= 15 is 0 Å². The van der Waals surface area contributed by atoms with Crippen molar-refractivity contribution in [3.63, 3.8) is 0 Å². The number of halogens is 3. The molecule has 2 aromatic rings. The highest BCUT2D eigenvalue weighted by Gasteiger charge is 2.36. The molecule has 0 N–H and O–H groups in total. The van der Waals surface area contributed by atoms with Gasteiger partial charge in [0.15, 0.2) is 0 Å². The minimum Gasteiger partial charge on any atom is -0.351 e. The molecular formula is C17H19F3N2O3S. The van der Waals surface area contributed by atoms with Crippen LogP contribution in [0.1, 0.15) is 37.0 Å². The fourth-order valence-electron chi connectivity index (χ4n) is 3.00. The van der Waals surface area contributed by atoms with E-state index in [2.05, 4.69) is 9.68 Å². The molecule has 0 radical (unpaired) electrons. The molecule has 1 aliphatic rings. The number of nitrogens with zero attached hydrogens (tertiary/aromatic N) is 2. The SMILES string of the molecule is Cc1ccc(-c2cc(C(F)(F)F)on2)cc1S(=O)(=O)N1CCCCCC1. The Kier molecular flexibility index (Phi) is 5.12. The Morgan fingerprint density at radius 2 is 1.73 bits per heavy atom. The number of alkyl halides is 3. The van der Waals surface area contributed by atoms with E-state index in [0.717, 1.165) is 31.7 Å². The lowest BCUT2D eigenvalue weighted by atomic mass is 10.1. The van der Waals surface area contributed by atoms with Gasteiger partial charge in [-0.3, -0.25) is 0 Å². The second kappa shape index (κ2) is 7.03. The van der Waals surface area contributed by atoms with Gasteiger partial charge in [0.1, 0.15) is 5.69 Å². The average molecular weight is 388 g/mol. The van der Waals surface area contributed by atoms with Crippen LogP contribution in [0.2, 0.25) is 0 Å². The predicted octanol–water partition coefficient (Wildman–Crippen LogP) is 4.23. The lowest BCUT2D eigenvalue weighted by Gasteiger charge is -2.21. The van der Waals surface area contributed by atoms with Crippen LogP contribution in [0.3, 0.4) is 0 Å². The van der Waals surface area contributed by atoms with E-state index in [0.29, 0.717) is 18.7 Å². The van der Waals surface area contributed by atoms with E-state index in [9.17, 15) is 21.6 Å². The van der Waals surface area contributed by atoms with E-state index in [1.54, 1.807) is 13.0 Å². The molecule has 5 nitrogen and oxygen atoms in total. The van der Waals surface area contributed by atoms with Crippen LogP contribution in [-0.4, -0.2) is 31.0 Å². The second-order valence-electron chi connectivity index (χ2n) is 6.37. The third kappa shape index (κ3) is 3.78. The molecule has 9 heteroatoms. The zero-order chi connectivity index (χ0) is 18.9. The van der Waals surface area contributed by atoms with Crippen molar-refractivity contribution in [3.05, 3.63) is 35.6 Å². The smallest absolute Gasteiger partial charge is 0.351 e. The van der Waals surface area contributed by atoms with Crippen molar-refractivity contribution >= 4 is 10.0 Å². The topological polar surface area (TPSA) is 63.4 Å². The van der Waals surface area contributed by atoms with Crippen LogP contribution >= 0.6 is 0 Å². The van der Waals surface area contributed by atoms with Crippen molar-refractivity contribution < 1.29 is 26.1 Å². The summed E-state index contributed by atoms with van der Waals surface area (Å²) in [6.07, 6.45) is -1.06. The molecule has 2 heterocycles. The van der Waals surface area contributed by atoms with Gasteiger partial charge in [-0.25, -0.2) is 8.42 Å². The van der Waals surface area contributed by atoms with Gasteiger partial charge in [-0.1, -0.05) is 30.1 Å². The van der Waals surface area contributed by atoms with Crippen LogP contribution in [-0.2, 0) is 16.2 Å². The minimum absolute atomic E-state index is 0.0513. The van der Waals surface area contributed by atoms with Gasteiger partial charge in [0.2, 0.25) is 15.8 Å². The van der Waals surface area contributed by atoms with Gasteiger partial charge in [-0.15, -0.1) is 0 Å². The van der Waals surface area contributed by atoms with Crippen molar-refractivity contribution in [2.45, 2.75) is 43.7 Å². The predicted molar refractivity (Wildman–Crippen MR) is 88.9 cm³/mol. The summed E-state index contributed by atoms with van der Waals surface area (Å²) in [4.78, 5) is 0.0912. The molecule has 3 rings (SSSR count). The first-order valence-electron chi connectivity index (χ1n) is 8.35. The fourth-order valence-corrected chi connectivity index (χ4v) is 4.77. The molecule has 0 saturated carbocycles. The maximum atomic E-state index is 13.0. The van der Waals surface area contributed by atoms with Crippen molar-refractivity contribution in [1.29, 1.82) is 0 Å². The largest absolute Gasteiger partial charge is 0.452 e. The first kappa shape index (κ1) is 18.9. The summed E-state index contributed by atoms with van der Waals surface area (Å²) in [7, 11) is -3.72. The second-order valence-corrected chi connectivity index (χ2v) is 8.28. The summed E-state index contributed by atoms with van der Waals surface area (Å²) in [5, 5.41) is 3.43. The van der Waals surface area contributed by atoms with Gasteiger partial charge in [-0.2, -0.15) is 17.5 Å². The van der Waals surface area contributed by atoms with Crippen molar-refractivity contribution in [2.24, 2.45) is 0 Å². The van der Waals surface area contributed by atoms with Crippen LogP contribution in [0.4, 0.5) is 13.2 Å². The Hall–Kier alpha value is -1.87. The summed E-state index contributed by atoms with van der Waals surface area (Å²) in [5.74, 6) is -1.22. The maximum absolute atomic E-state index is 13.0. The molecule has 1 saturated heterocycles. The van der Waals surface area contributed by atoms with E-state index in [1.165, 1.54) is 16.4 Å². The zero-order valence-electron chi connectivity index (χ0n) is 14.2. The molecule has 0 unspecified atom stereocenters. The minimum atomic E-state index is -4.64. The molecule has 0 amide bonds. The lowest BCUT2D eigenvalue weighted by molar-refractivity contribution is -0.155. The van der Waals surface area contributed by atoms with E-state index < -0.39 is 22.0 Å². The molecule has 1 aliphatic heterocycles. The van der Waals surface area contributed by atoms with E-state index in [4.69, 9.17) is 0 Å². The highest BCUT2D eigenvalue weighted by molar-refractivity contribution is 7.89. The maximum Gasteiger partial charge on any atom is 0.452 e. The Bertz CT molecular complexity index is 883. The van der Waals surface area contributed by atoms with Crippen LogP contribution < -0.4 is 0 Å². The third-order valence-corrected chi connectivity index (χ3v) is 6.50. The molecule has 1 aromatic carbocycles. The van der Waals surface area contributed by atoms with Crippen molar-refractivity contribution in [1.82, 2.24) is 9.46 Å². The van der Waals surface area contributed by atoms with Gasteiger partial charge in [0, 0.05) is 24.7 Å². The van der Waals surface area contributed by atoms with Crippen LogP contribution in [0, 0.1) is 6.92 Å². The molecule has 0 bridgehead atoms. The first-order chi connectivity index (χ1) is 12.2. The Morgan fingerprint density at radius 3 is 2.31 bits per heavy atom. The molecule has 26 heavy (non-hydrogen) atoms. The lowest BCUT2D eigenvalue weighted by Crippen LogP contribution is -2.32. The Morgan fingerprint density at radius 1 is 1.08 bits per heavy atom. The monoisotopic (exact) mass is 388 g/mol. The zero-order valence-corrected chi connectivity index (χ0v) is 15.0. The number of hydrogen-bond acceptors (Lipinski definition) is 4. The summed E-state index contributed by atoms with van der Waals surface area (Å²) in [6.45, 7) is 2.57.